The Hall–Kier alpha value is -1.38. The monoisotopic (exact) mass is 287 g/mol. The second-order valence-electron chi connectivity index (χ2n) is 4.94. The maximum atomic E-state index is 11.7. The Labute approximate surface area is 115 Å². The summed E-state index contributed by atoms with van der Waals surface area (Å²) in [6.45, 7) is 3.49. The van der Waals surface area contributed by atoms with Crippen LogP contribution in [0.1, 0.15) is 13.8 Å². The van der Waals surface area contributed by atoms with Gasteiger partial charge in [-0.05, 0) is 19.4 Å². The van der Waals surface area contributed by atoms with Gasteiger partial charge in [0, 0.05) is 12.0 Å². The van der Waals surface area contributed by atoms with Gasteiger partial charge in [-0.15, -0.1) is 0 Å². The zero-order valence-corrected chi connectivity index (χ0v) is 11.7. The lowest BCUT2D eigenvalue weighted by Gasteiger charge is -2.25. The molecular formula is C11H17N3O6. The largest absolute Gasteiger partial charge is 0.469 e. The standard InChI is InChI=1S/C11H17N3O6/c1-11(2)19-7-6(5(13-14-12)9(15)16-3)18-10(17-4)8(7)20-11/h5-8,10H,1-4H3/t5-,6-,7-,8-,10-/m1/s1. The first kappa shape index (κ1) is 15.0. The summed E-state index contributed by atoms with van der Waals surface area (Å²) in [5.41, 5.74) is 8.60. The van der Waals surface area contributed by atoms with Crippen molar-refractivity contribution >= 4 is 5.97 Å². The van der Waals surface area contributed by atoms with E-state index in [1.54, 1.807) is 13.8 Å². The highest BCUT2D eigenvalue weighted by atomic mass is 16.8. The van der Waals surface area contributed by atoms with Crippen molar-refractivity contribution in [3.05, 3.63) is 10.4 Å². The third kappa shape index (κ3) is 2.58. The van der Waals surface area contributed by atoms with E-state index in [9.17, 15) is 4.79 Å². The van der Waals surface area contributed by atoms with Crippen LogP contribution < -0.4 is 0 Å². The fraction of sp³-hybridized carbons (Fsp3) is 0.909. The van der Waals surface area contributed by atoms with E-state index >= 15 is 0 Å². The molecule has 0 N–H and O–H groups in total. The second kappa shape index (κ2) is 5.55. The van der Waals surface area contributed by atoms with Crippen LogP contribution in [0.5, 0.6) is 0 Å². The topological polar surface area (TPSA) is 112 Å². The minimum atomic E-state index is -1.16. The van der Waals surface area contributed by atoms with Crippen LogP contribution in [0.15, 0.2) is 5.11 Å². The minimum Gasteiger partial charge on any atom is -0.469 e. The maximum Gasteiger partial charge on any atom is 0.317 e. The normalized spacial score (nSPS) is 36.0. The Kier molecular flexibility index (Phi) is 4.17. The molecule has 112 valence electrons. The molecule has 0 radical (unpaired) electrons. The summed E-state index contributed by atoms with van der Waals surface area (Å²) in [5, 5.41) is 3.44. The SMILES string of the molecule is COC(=O)[C@H](N=[N+]=[N-])[C@H]1O[C@@H](OC)[C@@H]2OC(C)(C)O[C@@H]21. The number of carbonyl (C=O) groups is 1. The zero-order valence-electron chi connectivity index (χ0n) is 11.7. The van der Waals surface area contributed by atoms with Crippen LogP contribution in [0.25, 0.3) is 10.4 Å². The molecule has 2 fully saturated rings. The van der Waals surface area contributed by atoms with Gasteiger partial charge in [0.25, 0.3) is 0 Å². The lowest BCUT2D eigenvalue weighted by Crippen LogP contribution is -2.42. The van der Waals surface area contributed by atoms with E-state index in [2.05, 4.69) is 14.8 Å². The van der Waals surface area contributed by atoms with Crippen LogP contribution in [-0.4, -0.2) is 56.6 Å². The molecule has 5 atom stereocenters. The van der Waals surface area contributed by atoms with E-state index in [1.807, 2.05) is 0 Å². The van der Waals surface area contributed by atoms with Crippen LogP contribution in [0.3, 0.4) is 0 Å². The molecule has 2 saturated heterocycles. The van der Waals surface area contributed by atoms with Gasteiger partial charge >= 0.3 is 5.97 Å². The molecule has 2 aliphatic rings. The summed E-state index contributed by atoms with van der Waals surface area (Å²) < 4.78 is 26.8. The minimum absolute atomic E-state index is 0.499. The average Bonchev–Trinajstić information content (AvgIpc) is 2.88. The molecule has 2 heterocycles. The van der Waals surface area contributed by atoms with Crippen molar-refractivity contribution in [2.75, 3.05) is 14.2 Å². The van der Waals surface area contributed by atoms with Gasteiger partial charge in [-0.25, -0.2) is 0 Å². The molecular weight excluding hydrogens is 270 g/mol. The van der Waals surface area contributed by atoms with Crippen molar-refractivity contribution in [3.63, 3.8) is 0 Å². The number of azide groups is 1. The highest BCUT2D eigenvalue weighted by molar-refractivity contribution is 5.76. The summed E-state index contributed by atoms with van der Waals surface area (Å²) in [7, 11) is 2.66. The van der Waals surface area contributed by atoms with E-state index in [0.717, 1.165) is 0 Å². The number of fused-ring (bicyclic) bond motifs is 1. The summed E-state index contributed by atoms with van der Waals surface area (Å²) in [6, 6.07) is -1.16. The molecule has 0 aliphatic carbocycles. The highest BCUT2D eigenvalue weighted by Gasteiger charge is 2.58. The van der Waals surface area contributed by atoms with Crippen LogP contribution in [0.2, 0.25) is 0 Å². The van der Waals surface area contributed by atoms with Crippen LogP contribution in [0, 0.1) is 0 Å². The zero-order chi connectivity index (χ0) is 14.9. The Morgan fingerprint density at radius 2 is 2.00 bits per heavy atom. The quantitative estimate of drug-likeness (QED) is 0.326. The molecule has 0 aromatic rings. The average molecular weight is 287 g/mol. The van der Waals surface area contributed by atoms with Crippen molar-refractivity contribution in [1.82, 2.24) is 0 Å². The van der Waals surface area contributed by atoms with E-state index < -0.39 is 42.4 Å². The van der Waals surface area contributed by atoms with E-state index in [4.69, 9.17) is 24.5 Å². The van der Waals surface area contributed by atoms with E-state index in [1.165, 1.54) is 14.2 Å². The van der Waals surface area contributed by atoms with Crippen molar-refractivity contribution < 1.29 is 28.5 Å². The molecule has 0 aromatic heterocycles. The predicted molar refractivity (Wildman–Crippen MR) is 64.4 cm³/mol. The number of nitrogens with zero attached hydrogens (tertiary/aromatic N) is 3. The summed E-state index contributed by atoms with van der Waals surface area (Å²) in [4.78, 5) is 14.4. The van der Waals surface area contributed by atoms with Gasteiger partial charge in [0.05, 0.1) is 7.11 Å². The predicted octanol–water partition coefficient (Wildman–Crippen LogP) is 0.730. The number of methoxy groups -OCH3 is 2. The Morgan fingerprint density at radius 3 is 2.55 bits per heavy atom. The van der Waals surface area contributed by atoms with Gasteiger partial charge < -0.3 is 23.7 Å². The van der Waals surface area contributed by atoms with Crippen LogP contribution in [-0.2, 0) is 28.5 Å². The number of hydrogen-bond acceptors (Lipinski definition) is 7. The van der Waals surface area contributed by atoms with Crippen molar-refractivity contribution in [2.45, 2.75) is 50.3 Å². The summed E-state index contributed by atoms with van der Waals surface area (Å²) >= 11 is 0. The maximum absolute atomic E-state index is 11.7. The molecule has 0 saturated carbocycles. The van der Waals surface area contributed by atoms with Crippen LogP contribution >= 0.6 is 0 Å². The summed E-state index contributed by atoms with van der Waals surface area (Å²) in [6.07, 6.45) is -2.60. The number of carbonyl (C=O) groups excluding carboxylic acids is 1. The number of hydrogen-bond donors (Lipinski definition) is 0. The molecule has 0 spiro atoms. The highest BCUT2D eigenvalue weighted by Crippen LogP contribution is 2.40. The lowest BCUT2D eigenvalue weighted by atomic mass is 10.0. The van der Waals surface area contributed by atoms with Gasteiger partial charge in [-0.3, -0.25) is 4.79 Å². The van der Waals surface area contributed by atoms with Crippen molar-refractivity contribution in [2.24, 2.45) is 5.11 Å². The lowest BCUT2D eigenvalue weighted by molar-refractivity contribution is -0.229. The first-order chi connectivity index (χ1) is 9.43. The molecule has 2 aliphatic heterocycles. The van der Waals surface area contributed by atoms with Crippen molar-refractivity contribution in [3.8, 4) is 0 Å². The first-order valence-electron chi connectivity index (χ1n) is 6.09. The third-order valence-corrected chi connectivity index (χ3v) is 3.21. The van der Waals surface area contributed by atoms with E-state index in [0.29, 0.717) is 0 Å². The number of rotatable bonds is 4. The molecule has 0 aromatic carbocycles. The fourth-order valence-electron chi connectivity index (χ4n) is 2.46. The second-order valence-corrected chi connectivity index (χ2v) is 4.94. The fourth-order valence-corrected chi connectivity index (χ4v) is 2.46. The molecule has 0 unspecified atom stereocenters. The van der Waals surface area contributed by atoms with Crippen molar-refractivity contribution in [1.29, 1.82) is 0 Å². The van der Waals surface area contributed by atoms with Crippen LogP contribution in [0.4, 0.5) is 0 Å². The molecule has 20 heavy (non-hydrogen) atoms. The third-order valence-electron chi connectivity index (χ3n) is 3.21. The van der Waals surface area contributed by atoms with E-state index in [-0.39, 0.29) is 0 Å². The smallest absolute Gasteiger partial charge is 0.317 e. The Bertz CT molecular complexity index is 436. The van der Waals surface area contributed by atoms with Gasteiger partial charge in [0.1, 0.15) is 18.3 Å². The molecule has 2 rings (SSSR count). The molecule has 0 bridgehead atoms. The molecule has 0 amide bonds. The Balaban J connectivity index is 2.27. The number of esters is 1. The van der Waals surface area contributed by atoms with Gasteiger partial charge in [-0.1, -0.05) is 5.11 Å². The van der Waals surface area contributed by atoms with Gasteiger partial charge in [0.2, 0.25) is 0 Å². The first-order valence-corrected chi connectivity index (χ1v) is 6.09. The molecule has 9 nitrogen and oxygen atoms in total. The number of ether oxygens (including phenoxy) is 5. The Morgan fingerprint density at radius 1 is 1.35 bits per heavy atom. The summed E-state index contributed by atoms with van der Waals surface area (Å²) in [5.74, 6) is -1.53. The van der Waals surface area contributed by atoms with Gasteiger partial charge in [0.15, 0.2) is 18.1 Å². The molecule has 9 heteroatoms. The van der Waals surface area contributed by atoms with Gasteiger partial charge in [-0.2, -0.15) is 0 Å².